The van der Waals surface area contributed by atoms with Gasteiger partial charge in [0.1, 0.15) is 5.84 Å². The zero-order valence-electron chi connectivity index (χ0n) is 7.09. The second-order valence-electron chi connectivity index (χ2n) is 2.85. The van der Waals surface area contributed by atoms with Crippen LogP contribution in [0.4, 0.5) is 0 Å². The van der Waals surface area contributed by atoms with E-state index in [1.54, 1.807) is 0 Å². The van der Waals surface area contributed by atoms with Crippen molar-refractivity contribution in [3.05, 3.63) is 0 Å². The van der Waals surface area contributed by atoms with Gasteiger partial charge < -0.3 is 0 Å². The van der Waals surface area contributed by atoms with Gasteiger partial charge in [-0.2, -0.15) is 12.6 Å². The summed E-state index contributed by atoms with van der Waals surface area (Å²) in [5.41, 5.74) is 2.29. The van der Waals surface area contributed by atoms with E-state index in [0.717, 1.165) is 12.3 Å². The third-order valence-electron chi connectivity index (χ3n) is 1.84. The van der Waals surface area contributed by atoms with Crippen LogP contribution in [0, 0.1) is 0 Å². The summed E-state index contributed by atoms with van der Waals surface area (Å²) < 4.78 is 0. The maximum absolute atomic E-state index is 5.28. The first kappa shape index (κ1) is 8.87. The fourth-order valence-corrected chi connectivity index (χ4v) is 0.916. The number of hydrogen-bond acceptors (Lipinski definition) is 4. The smallest absolute Gasteiger partial charge is 0.195 e. The monoisotopic (exact) mass is 174 g/mol. The molecule has 1 N–H and O–H groups in total. The molecule has 0 aliphatic carbocycles. The minimum atomic E-state index is -0.492. The third kappa shape index (κ3) is 1.68. The van der Waals surface area contributed by atoms with Crippen molar-refractivity contribution in [2.24, 2.45) is 4.99 Å². The second-order valence-corrected chi connectivity index (χ2v) is 3.62. The number of hydroxylamine groups is 1. The molecule has 0 saturated heterocycles. The van der Waals surface area contributed by atoms with E-state index in [1.165, 1.54) is 0 Å². The first-order valence-corrected chi connectivity index (χ1v) is 4.31. The van der Waals surface area contributed by atoms with Gasteiger partial charge in [0.15, 0.2) is 5.72 Å². The van der Waals surface area contributed by atoms with Gasteiger partial charge in [0, 0.05) is 6.42 Å². The van der Waals surface area contributed by atoms with Crippen LogP contribution in [0.3, 0.4) is 0 Å². The SMILES string of the molecule is CCC1=NC(C)(C(C)S)ON1. The lowest BCUT2D eigenvalue weighted by Crippen LogP contribution is -2.34. The van der Waals surface area contributed by atoms with E-state index in [2.05, 4.69) is 23.1 Å². The van der Waals surface area contributed by atoms with Crippen LogP contribution in [0.1, 0.15) is 27.2 Å². The van der Waals surface area contributed by atoms with E-state index in [9.17, 15) is 0 Å². The van der Waals surface area contributed by atoms with Crippen molar-refractivity contribution in [1.82, 2.24) is 5.48 Å². The Kier molecular flexibility index (Phi) is 2.44. The lowest BCUT2D eigenvalue weighted by molar-refractivity contribution is -0.0388. The Labute approximate surface area is 72.6 Å². The van der Waals surface area contributed by atoms with E-state index in [4.69, 9.17) is 4.84 Å². The van der Waals surface area contributed by atoms with Gasteiger partial charge in [0.05, 0.1) is 5.25 Å². The molecule has 4 heteroatoms. The molecule has 1 aliphatic rings. The number of aliphatic imine (C=N–C) groups is 1. The average Bonchev–Trinajstić information content (AvgIpc) is 2.33. The van der Waals surface area contributed by atoms with Crippen molar-refractivity contribution in [1.29, 1.82) is 0 Å². The molecular formula is C7H14N2OS. The maximum Gasteiger partial charge on any atom is 0.195 e. The first-order valence-electron chi connectivity index (χ1n) is 3.79. The van der Waals surface area contributed by atoms with Crippen LogP contribution in [0.25, 0.3) is 0 Å². The van der Waals surface area contributed by atoms with Gasteiger partial charge in [-0.25, -0.2) is 9.83 Å². The predicted octanol–water partition coefficient (Wildman–Crippen LogP) is 1.36. The lowest BCUT2D eigenvalue weighted by Gasteiger charge is -2.21. The van der Waals surface area contributed by atoms with Crippen molar-refractivity contribution >= 4 is 18.5 Å². The second kappa shape index (κ2) is 3.03. The van der Waals surface area contributed by atoms with Crippen molar-refractivity contribution in [3.8, 4) is 0 Å². The molecule has 11 heavy (non-hydrogen) atoms. The van der Waals surface area contributed by atoms with E-state index >= 15 is 0 Å². The number of amidine groups is 1. The molecule has 1 rings (SSSR count). The molecule has 3 nitrogen and oxygen atoms in total. The van der Waals surface area contributed by atoms with Crippen LogP contribution in [0.2, 0.25) is 0 Å². The fourth-order valence-electron chi connectivity index (χ4n) is 0.806. The van der Waals surface area contributed by atoms with Gasteiger partial charge >= 0.3 is 0 Å². The Hall–Kier alpha value is -0.220. The summed E-state index contributed by atoms with van der Waals surface area (Å²) in [5, 5.41) is 0.0963. The number of nitrogens with zero attached hydrogens (tertiary/aromatic N) is 1. The first-order chi connectivity index (χ1) is 5.08. The summed E-state index contributed by atoms with van der Waals surface area (Å²) in [4.78, 5) is 9.62. The van der Waals surface area contributed by atoms with Gasteiger partial charge in [0.2, 0.25) is 0 Å². The standard InChI is InChI=1S/C7H14N2OS/c1-4-6-8-7(3,5(2)11)10-9-6/h5,11H,4H2,1-3H3,(H,8,9). The molecule has 2 atom stereocenters. The van der Waals surface area contributed by atoms with E-state index in [0.29, 0.717) is 0 Å². The van der Waals surface area contributed by atoms with Crippen LogP contribution in [0.5, 0.6) is 0 Å². The van der Waals surface area contributed by atoms with Crippen LogP contribution < -0.4 is 5.48 Å². The van der Waals surface area contributed by atoms with Gasteiger partial charge in [-0.1, -0.05) is 6.92 Å². The van der Waals surface area contributed by atoms with Crippen molar-refractivity contribution in [2.75, 3.05) is 0 Å². The Morgan fingerprint density at radius 1 is 1.82 bits per heavy atom. The highest BCUT2D eigenvalue weighted by atomic mass is 32.1. The minimum Gasteiger partial charge on any atom is -0.250 e. The molecule has 0 aromatic carbocycles. The van der Waals surface area contributed by atoms with Gasteiger partial charge in [-0.3, -0.25) is 5.48 Å². The third-order valence-corrected chi connectivity index (χ3v) is 2.32. The Morgan fingerprint density at radius 3 is 2.73 bits per heavy atom. The maximum atomic E-state index is 5.28. The summed E-state index contributed by atoms with van der Waals surface area (Å²) >= 11 is 4.29. The Bertz CT molecular complexity index is 181. The number of nitrogens with one attached hydrogen (secondary N) is 1. The van der Waals surface area contributed by atoms with E-state index < -0.39 is 5.72 Å². The van der Waals surface area contributed by atoms with Crippen molar-refractivity contribution in [3.63, 3.8) is 0 Å². The molecule has 0 radical (unpaired) electrons. The molecule has 0 aromatic heterocycles. The van der Waals surface area contributed by atoms with Gasteiger partial charge in [-0.15, -0.1) is 0 Å². The Balaban J connectivity index is 2.70. The van der Waals surface area contributed by atoms with Crippen LogP contribution in [-0.4, -0.2) is 16.8 Å². The largest absolute Gasteiger partial charge is 0.250 e. The zero-order valence-corrected chi connectivity index (χ0v) is 7.98. The highest BCUT2D eigenvalue weighted by Crippen LogP contribution is 2.24. The van der Waals surface area contributed by atoms with E-state index in [1.807, 2.05) is 20.8 Å². The van der Waals surface area contributed by atoms with Gasteiger partial charge in [0.25, 0.3) is 0 Å². The van der Waals surface area contributed by atoms with Crippen LogP contribution >= 0.6 is 12.6 Å². The summed E-state index contributed by atoms with van der Waals surface area (Å²) in [6.07, 6.45) is 0.871. The molecule has 0 fully saturated rings. The van der Waals surface area contributed by atoms with Crippen molar-refractivity contribution in [2.45, 2.75) is 38.2 Å². The number of rotatable bonds is 2. The molecule has 0 saturated carbocycles. The lowest BCUT2D eigenvalue weighted by atomic mass is 10.2. The summed E-state index contributed by atoms with van der Waals surface area (Å²) in [5.74, 6) is 0.897. The molecule has 0 aromatic rings. The van der Waals surface area contributed by atoms with Gasteiger partial charge in [-0.05, 0) is 13.8 Å². The zero-order chi connectivity index (χ0) is 8.48. The molecule has 64 valence electrons. The summed E-state index contributed by atoms with van der Waals surface area (Å²) in [6.45, 7) is 5.91. The molecule has 1 heterocycles. The number of thiol groups is 1. The quantitative estimate of drug-likeness (QED) is 0.620. The molecule has 0 spiro atoms. The van der Waals surface area contributed by atoms with E-state index in [-0.39, 0.29) is 5.25 Å². The predicted molar refractivity (Wildman–Crippen MR) is 48.8 cm³/mol. The molecule has 2 unspecified atom stereocenters. The Morgan fingerprint density at radius 2 is 2.45 bits per heavy atom. The average molecular weight is 174 g/mol. The van der Waals surface area contributed by atoms with Crippen molar-refractivity contribution < 1.29 is 4.84 Å². The van der Waals surface area contributed by atoms with Crippen LogP contribution in [0.15, 0.2) is 4.99 Å². The molecular weight excluding hydrogens is 160 g/mol. The highest BCUT2D eigenvalue weighted by Gasteiger charge is 2.34. The normalized spacial score (nSPS) is 32.9. The highest BCUT2D eigenvalue weighted by molar-refractivity contribution is 7.81. The molecule has 0 amide bonds. The summed E-state index contributed by atoms with van der Waals surface area (Å²) in [7, 11) is 0. The topological polar surface area (TPSA) is 33.6 Å². The minimum absolute atomic E-state index is 0.0963. The summed E-state index contributed by atoms with van der Waals surface area (Å²) in [6, 6.07) is 0. The molecule has 0 bridgehead atoms. The molecule has 1 aliphatic heterocycles. The van der Waals surface area contributed by atoms with Crippen LogP contribution in [-0.2, 0) is 4.84 Å². The fraction of sp³-hybridized carbons (Fsp3) is 0.857. The number of hydrogen-bond donors (Lipinski definition) is 2.